The van der Waals surface area contributed by atoms with E-state index in [0.29, 0.717) is 41.8 Å². The molecule has 176 valence electrons. The number of methoxy groups -OCH3 is 2. The summed E-state index contributed by atoms with van der Waals surface area (Å²) >= 11 is 0. The molecule has 34 heavy (non-hydrogen) atoms. The molecule has 1 spiro atoms. The van der Waals surface area contributed by atoms with E-state index in [4.69, 9.17) is 23.7 Å². The third-order valence-electron chi connectivity index (χ3n) is 6.94. The summed E-state index contributed by atoms with van der Waals surface area (Å²) in [5, 5.41) is 2.93. The Balaban J connectivity index is 1.21. The molecule has 0 saturated carbocycles. The highest BCUT2D eigenvalue weighted by atomic mass is 16.7. The maximum Gasteiger partial charge on any atom is 0.231 e. The number of likely N-dealkylation sites (tertiary alicyclic amines) is 1. The molecule has 2 amide bonds. The van der Waals surface area contributed by atoms with Crippen molar-refractivity contribution in [1.82, 2.24) is 4.90 Å². The van der Waals surface area contributed by atoms with Gasteiger partial charge in [-0.3, -0.25) is 9.59 Å². The fourth-order valence-electron chi connectivity index (χ4n) is 5.41. The predicted octanol–water partition coefficient (Wildman–Crippen LogP) is 2.35. The molecule has 4 heterocycles. The zero-order valence-electron chi connectivity index (χ0n) is 18.8. The second-order valence-electron chi connectivity index (χ2n) is 8.84. The summed E-state index contributed by atoms with van der Waals surface area (Å²) < 4.78 is 27.6. The number of hydrogen-bond donors (Lipinski definition) is 1. The van der Waals surface area contributed by atoms with E-state index in [2.05, 4.69) is 5.32 Å². The number of benzene rings is 2. The van der Waals surface area contributed by atoms with Crippen LogP contribution >= 0.6 is 0 Å². The number of carbonyl (C=O) groups excluding carboxylic acids is 2. The Morgan fingerprint density at radius 1 is 1.12 bits per heavy atom. The molecule has 4 aliphatic rings. The van der Waals surface area contributed by atoms with Gasteiger partial charge < -0.3 is 33.9 Å². The first-order valence-corrected chi connectivity index (χ1v) is 11.1. The highest BCUT2D eigenvalue weighted by Crippen LogP contribution is 2.52. The molecule has 9 heteroatoms. The number of ether oxygens (including phenoxy) is 5. The van der Waals surface area contributed by atoms with Crippen molar-refractivity contribution in [3.63, 3.8) is 0 Å². The van der Waals surface area contributed by atoms with Crippen molar-refractivity contribution >= 4 is 17.5 Å². The molecule has 0 aromatic heterocycles. The van der Waals surface area contributed by atoms with Crippen LogP contribution in [0.2, 0.25) is 0 Å². The lowest BCUT2D eigenvalue weighted by molar-refractivity contribution is -0.136. The quantitative estimate of drug-likeness (QED) is 0.656. The van der Waals surface area contributed by atoms with Crippen molar-refractivity contribution in [2.75, 3.05) is 32.9 Å². The number of anilines is 1. The van der Waals surface area contributed by atoms with Crippen LogP contribution < -0.4 is 24.3 Å². The van der Waals surface area contributed by atoms with Gasteiger partial charge in [0.2, 0.25) is 18.6 Å². The molecule has 2 saturated heterocycles. The first kappa shape index (κ1) is 20.9. The van der Waals surface area contributed by atoms with Gasteiger partial charge in [0.05, 0.1) is 38.7 Å². The lowest BCUT2D eigenvalue weighted by Gasteiger charge is -2.23. The van der Waals surface area contributed by atoms with Crippen molar-refractivity contribution in [2.45, 2.75) is 18.2 Å². The van der Waals surface area contributed by atoms with Crippen LogP contribution in [0.1, 0.15) is 5.56 Å². The number of hydrogen-bond acceptors (Lipinski definition) is 7. The molecule has 0 aliphatic carbocycles. The Hall–Kier alpha value is -3.72. The lowest BCUT2D eigenvalue weighted by atomic mass is 9.77. The highest BCUT2D eigenvalue weighted by molar-refractivity contribution is 5.99. The molecule has 2 fully saturated rings. The summed E-state index contributed by atoms with van der Waals surface area (Å²) in [6, 6.07) is 10.8. The van der Waals surface area contributed by atoms with Crippen molar-refractivity contribution < 1.29 is 33.3 Å². The summed E-state index contributed by atoms with van der Waals surface area (Å²) in [7, 11) is 3.09. The van der Waals surface area contributed by atoms with Crippen LogP contribution in [0.5, 0.6) is 23.0 Å². The molecule has 0 unspecified atom stereocenters. The van der Waals surface area contributed by atoms with Gasteiger partial charge in [-0.25, -0.2) is 0 Å². The summed E-state index contributed by atoms with van der Waals surface area (Å²) in [5.41, 5.74) is 0.711. The number of fused-ring (bicyclic) bond motifs is 2. The molecule has 0 radical (unpaired) electrons. The monoisotopic (exact) mass is 464 g/mol. The molecule has 6 rings (SSSR count). The molecular weight excluding hydrogens is 440 g/mol. The Morgan fingerprint density at radius 2 is 1.94 bits per heavy atom. The summed E-state index contributed by atoms with van der Waals surface area (Å²) in [6.45, 7) is 1.00. The van der Waals surface area contributed by atoms with E-state index in [1.54, 1.807) is 30.2 Å². The maximum absolute atomic E-state index is 13.5. The Labute approximate surface area is 196 Å². The van der Waals surface area contributed by atoms with Crippen molar-refractivity contribution in [2.24, 2.45) is 11.8 Å². The molecule has 2 aromatic rings. The van der Waals surface area contributed by atoms with Crippen molar-refractivity contribution in [3.05, 3.63) is 54.1 Å². The van der Waals surface area contributed by atoms with Gasteiger partial charge in [-0.2, -0.15) is 0 Å². The minimum Gasteiger partial charge on any atom is -0.493 e. The third-order valence-corrected chi connectivity index (χ3v) is 6.94. The number of rotatable bonds is 6. The van der Waals surface area contributed by atoms with Crippen LogP contribution in [0.4, 0.5) is 5.69 Å². The van der Waals surface area contributed by atoms with E-state index in [0.717, 1.165) is 5.56 Å². The van der Waals surface area contributed by atoms with Crippen LogP contribution in [0, 0.1) is 11.8 Å². The normalized spacial score (nSPS) is 27.8. The summed E-state index contributed by atoms with van der Waals surface area (Å²) in [6.07, 6.45) is 3.41. The molecule has 9 nitrogen and oxygen atoms in total. The first-order chi connectivity index (χ1) is 16.5. The molecule has 4 aliphatic heterocycles. The zero-order valence-corrected chi connectivity index (χ0v) is 18.8. The van der Waals surface area contributed by atoms with Gasteiger partial charge in [-0.05, 0) is 29.8 Å². The van der Waals surface area contributed by atoms with E-state index < -0.39 is 23.5 Å². The van der Waals surface area contributed by atoms with Gasteiger partial charge in [0.1, 0.15) is 5.60 Å². The minimum absolute atomic E-state index is 0.0861. The summed E-state index contributed by atoms with van der Waals surface area (Å²) in [5.74, 6) is 0.909. The van der Waals surface area contributed by atoms with Crippen LogP contribution in [0.15, 0.2) is 48.6 Å². The number of nitrogens with zero attached hydrogens (tertiary/aromatic N) is 1. The third kappa shape index (κ3) is 3.11. The van der Waals surface area contributed by atoms with Gasteiger partial charge in [-0.1, -0.05) is 18.2 Å². The van der Waals surface area contributed by atoms with Gasteiger partial charge in [0.25, 0.3) is 0 Å². The standard InChI is InChI=1S/C25H24N2O7/c1-30-16-6-4-15(10-19(16)31-2)26-23(28)21-18-7-8-25(34-18)12-27(24(29)22(21)25)11-14-3-5-17-20(9-14)33-13-32-17/h3-10,18,21-22H,11-13H2,1-2H3,(H,26,28)/t18-,21+,22-,25-/m1/s1. The molecular formula is C25H24N2O7. The maximum atomic E-state index is 13.5. The van der Waals surface area contributed by atoms with Gasteiger partial charge in [0, 0.05) is 18.3 Å². The molecule has 1 N–H and O–H groups in total. The fourth-order valence-corrected chi connectivity index (χ4v) is 5.41. The van der Waals surface area contributed by atoms with Gasteiger partial charge in [-0.15, -0.1) is 0 Å². The number of carbonyl (C=O) groups is 2. The van der Waals surface area contributed by atoms with Crippen LogP contribution in [0.3, 0.4) is 0 Å². The van der Waals surface area contributed by atoms with E-state index in [1.165, 1.54) is 7.11 Å². The first-order valence-electron chi connectivity index (χ1n) is 11.1. The topological polar surface area (TPSA) is 95.6 Å². The Kier molecular flexibility index (Phi) is 4.70. The average Bonchev–Trinajstić information content (AvgIpc) is 3.60. The van der Waals surface area contributed by atoms with E-state index in [9.17, 15) is 9.59 Å². The lowest BCUT2D eigenvalue weighted by Crippen LogP contribution is -2.41. The van der Waals surface area contributed by atoms with Crippen LogP contribution in [-0.4, -0.2) is 56.0 Å². The molecule has 4 atom stereocenters. The van der Waals surface area contributed by atoms with Crippen LogP contribution in [-0.2, 0) is 20.9 Å². The van der Waals surface area contributed by atoms with Crippen molar-refractivity contribution in [3.8, 4) is 23.0 Å². The second kappa shape index (κ2) is 7.66. The number of amides is 2. The van der Waals surface area contributed by atoms with Gasteiger partial charge >= 0.3 is 0 Å². The van der Waals surface area contributed by atoms with Gasteiger partial charge in [0.15, 0.2) is 23.0 Å². The van der Waals surface area contributed by atoms with E-state index in [1.807, 2.05) is 30.4 Å². The Bertz CT molecular complexity index is 1210. The smallest absolute Gasteiger partial charge is 0.231 e. The zero-order chi connectivity index (χ0) is 23.4. The Morgan fingerprint density at radius 3 is 2.76 bits per heavy atom. The fraction of sp³-hybridized carbons (Fsp3) is 0.360. The average molecular weight is 464 g/mol. The molecule has 2 aromatic carbocycles. The predicted molar refractivity (Wildman–Crippen MR) is 120 cm³/mol. The summed E-state index contributed by atoms with van der Waals surface area (Å²) in [4.78, 5) is 28.6. The van der Waals surface area contributed by atoms with Crippen LogP contribution in [0.25, 0.3) is 0 Å². The second-order valence-corrected chi connectivity index (χ2v) is 8.84. The van der Waals surface area contributed by atoms with E-state index in [-0.39, 0.29) is 18.6 Å². The molecule has 2 bridgehead atoms. The highest BCUT2D eigenvalue weighted by Gasteiger charge is 2.66. The van der Waals surface area contributed by atoms with Crippen molar-refractivity contribution in [1.29, 1.82) is 0 Å². The largest absolute Gasteiger partial charge is 0.493 e. The van der Waals surface area contributed by atoms with E-state index >= 15 is 0 Å². The SMILES string of the molecule is COc1ccc(NC(=O)[C@H]2[C@H]3C=C[C@]4(CN(Cc5ccc6c(c5)OCO6)C(=O)[C@@H]24)O3)cc1OC. The number of nitrogens with one attached hydrogen (secondary N) is 1. The minimum atomic E-state index is -0.780.